The Morgan fingerprint density at radius 3 is 1.81 bits per heavy atom. The molecule has 0 aliphatic carbocycles. The lowest BCUT2D eigenvalue weighted by Crippen LogP contribution is -2.17. The van der Waals surface area contributed by atoms with Crippen LogP contribution in [0.5, 0.6) is 0 Å². The maximum absolute atomic E-state index is 2.38. The topological polar surface area (TPSA) is 0 Å². The molecule has 0 atom stereocenters. The van der Waals surface area contributed by atoms with Gasteiger partial charge in [-0.1, -0.05) is 53.7 Å². The second kappa shape index (κ2) is 4.44. The number of benzene rings is 1. The van der Waals surface area contributed by atoms with Crippen molar-refractivity contribution in [2.75, 3.05) is 6.26 Å². The van der Waals surface area contributed by atoms with E-state index in [1.54, 1.807) is 0 Å². The van der Waals surface area contributed by atoms with Crippen LogP contribution in [0.1, 0.15) is 52.7 Å². The van der Waals surface area contributed by atoms with E-state index in [9.17, 15) is 0 Å². The second-order valence-electron chi connectivity index (χ2n) is 6.42. The summed E-state index contributed by atoms with van der Waals surface area (Å²) in [6.45, 7) is 13.7. The fourth-order valence-corrected chi connectivity index (χ4v) is 2.55. The summed E-state index contributed by atoms with van der Waals surface area (Å²) in [6.07, 6.45) is 2.15. The van der Waals surface area contributed by atoms with Gasteiger partial charge in [0.05, 0.1) is 0 Å². The maximum Gasteiger partial charge on any atom is 0.0107 e. The van der Waals surface area contributed by atoms with Gasteiger partial charge < -0.3 is 0 Å². The number of rotatable bonds is 1. The zero-order chi connectivity index (χ0) is 12.6. The second-order valence-corrected chi connectivity index (χ2v) is 7.26. The Bertz CT molecular complexity index is 364. The highest BCUT2D eigenvalue weighted by atomic mass is 32.2. The summed E-state index contributed by atoms with van der Waals surface area (Å²) >= 11 is 1.84. The van der Waals surface area contributed by atoms with Crippen molar-refractivity contribution in [3.05, 3.63) is 29.3 Å². The van der Waals surface area contributed by atoms with Crippen molar-refractivity contribution in [3.63, 3.8) is 0 Å². The van der Waals surface area contributed by atoms with Crippen LogP contribution in [-0.2, 0) is 10.8 Å². The Morgan fingerprint density at radius 2 is 1.44 bits per heavy atom. The van der Waals surface area contributed by atoms with Crippen LogP contribution in [0.15, 0.2) is 23.1 Å². The van der Waals surface area contributed by atoms with Crippen LogP contribution in [0, 0.1) is 0 Å². The van der Waals surface area contributed by atoms with Crippen molar-refractivity contribution < 1.29 is 0 Å². The fourth-order valence-electron chi connectivity index (χ4n) is 1.76. The average Bonchev–Trinajstić information content (AvgIpc) is 2.14. The molecule has 0 nitrogen and oxygen atoms in total. The Labute approximate surface area is 105 Å². The van der Waals surface area contributed by atoms with Gasteiger partial charge in [0.15, 0.2) is 0 Å². The zero-order valence-electron chi connectivity index (χ0n) is 11.6. The molecule has 0 amide bonds. The lowest BCUT2D eigenvalue weighted by atomic mass is 9.81. The molecule has 0 aromatic heterocycles. The maximum atomic E-state index is 2.38. The van der Waals surface area contributed by atoms with Crippen LogP contribution in [-0.4, -0.2) is 6.26 Å². The number of hydrogen-bond donors (Lipinski definition) is 0. The van der Waals surface area contributed by atoms with Crippen molar-refractivity contribution in [2.24, 2.45) is 0 Å². The Kier molecular flexibility index (Phi) is 3.79. The highest BCUT2D eigenvalue weighted by Gasteiger charge is 2.21. The fraction of sp³-hybridized carbons (Fsp3) is 0.600. The van der Waals surface area contributed by atoms with Gasteiger partial charge in [-0.25, -0.2) is 0 Å². The van der Waals surface area contributed by atoms with Gasteiger partial charge >= 0.3 is 0 Å². The molecule has 16 heavy (non-hydrogen) atoms. The minimum atomic E-state index is 0.222. The molecule has 1 aromatic carbocycles. The summed E-state index contributed by atoms with van der Waals surface area (Å²) in [5.74, 6) is 0. The molecule has 0 radical (unpaired) electrons. The summed E-state index contributed by atoms with van der Waals surface area (Å²) in [6, 6.07) is 6.92. The molecule has 90 valence electrons. The van der Waals surface area contributed by atoms with E-state index in [0.717, 1.165) is 0 Å². The first kappa shape index (κ1) is 13.6. The third kappa shape index (κ3) is 3.04. The van der Waals surface area contributed by atoms with Crippen LogP contribution in [0.4, 0.5) is 0 Å². The summed E-state index contributed by atoms with van der Waals surface area (Å²) in [5.41, 5.74) is 3.35. The Morgan fingerprint density at radius 1 is 0.875 bits per heavy atom. The first-order valence-electron chi connectivity index (χ1n) is 5.85. The van der Waals surface area contributed by atoms with Crippen LogP contribution in [0.3, 0.4) is 0 Å². The molecule has 0 unspecified atom stereocenters. The predicted molar refractivity (Wildman–Crippen MR) is 75.6 cm³/mol. The standard InChI is InChI=1S/C15H24S/c1-14(2,3)11-8-9-13(16-7)12(10-11)15(4,5)6/h8-10H,1-7H3. The van der Waals surface area contributed by atoms with E-state index in [1.807, 2.05) is 11.8 Å². The molecule has 0 spiro atoms. The van der Waals surface area contributed by atoms with E-state index < -0.39 is 0 Å². The molecule has 0 bridgehead atoms. The molecule has 1 rings (SSSR count). The van der Waals surface area contributed by atoms with Crippen molar-refractivity contribution in [3.8, 4) is 0 Å². The molecule has 0 heterocycles. The highest BCUT2D eigenvalue weighted by molar-refractivity contribution is 7.98. The van der Waals surface area contributed by atoms with Crippen molar-refractivity contribution >= 4 is 11.8 Å². The van der Waals surface area contributed by atoms with Gasteiger partial charge in [-0.2, -0.15) is 0 Å². The monoisotopic (exact) mass is 236 g/mol. The third-order valence-electron chi connectivity index (χ3n) is 2.87. The molecule has 1 aromatic rings. The molecule has 0 aliphatic rings. The average molecular weight is 236 g/mol. The molecule has 0 aliphatic heterocycles. The highest BCUT2D eigenvalue weighted by Crippen LogP contribution is 2.35. The van der Waals surface area contributed by atoms with Gasteiger partial charge in [0.1, 0.15) is 0 Å². The normalized spacial score (nSPS) is 12.9. The summed E-state index contributed by atoms with van der Waals surface area (Å²) < 4.78 is 0. The van der Waals surface area contributed by atoms with Gasteiger partial charge in [-0.15, -0.1) is 11.8 Å². The van der Waals surface area contributed by atoms with Crippen molar-refractivity contribution in [2.45, 2.75) is 57.3 Å². The molecule has 0 saturated carbocycles. The minimum absolute atomic E-state index is 0.222. The van der Waals surface area contributed by atoms with Gasteiger partial charge in [0.25, 0.3) is 0 Å². The van der Waals surface area contributed by atoms with Gasteiger partial charge in [0.2, 0.25) is 0 Å². The predicted octanol–water partition coefficient (Wildman–Crippen LogP) is 5.00. The van der Waals surface area contributed by atoms with Crippen LogP contribution in [0.2, 0.25) is 0 Å². The van der Waals surface area contributed by atoms with E-state index in [0.29, 0.717) is 0 Å². The van der Waals surface area contributed by atoms with Crippen LogP contribution < -0.4 is 0 Å². The number of hydrogen-bond acceptors (Lipinski definition) is 1. The lowest BCUT2D eigenvalue weighted by Gasteiger charge is -2.26. The smallest absolute Gasteiger partial charge is 0.0107 e. The first-order valence-corrected chi connectivity index (χ1v) is 7.08. The molecule has 1 heteroatoms. The van der Waals surface area contributed by atoms with E-state index >= 15 is 0 Å². The first-order chi connectivity index (χ1) is 7.16. The summed E-state index contributed by atoms with van der Waals surface area (Å²) in [5, 5.41) is 0. The van der Waals surface area contributed by atoms with Crippen molar-refractivity contribution in [1.29, 1.82) is 0 Å². The Balaban J connectivity index is 3.34. The zero-order valence-corrected chi connectivity index (χ0v) is 12.5. The minimum Gasteiger partial charge on any atom is -0.129 e. The van der Waals surface area contributed by atoms with Gasteiger partial charge in [-0.05, 0) is 34.3 Å². The number of thioether (sulfide) groups is 1. The van der Waals surface area contributed by atoms with E-state index in [-0.39, 0.29) is 10.8 Å². The lowest BCUT2D eigenvalue weighted by molar-refractivity contribution is 0.560. The van der Waals surface area contributed by atoms with E-state index in [4.69, 9.17) is 0 Å². The van der Waals surface area contributed by atoms with Crippen LogP contribution >= 0.6 is 11.8 Å². The van der Waals surface area contributed by atoms with Gasteiger partial charge in [-0.3, -0.25) is 0 Å². The largest absolute Gasteiger partial charge is 0.129 e. The molecule has 0 fully saturated rings. The molecule has 0 N–H and O–H groups in total. The van der Waals surface area contributed by atoms with E-state index in [2.05, 4.69) is 66.0 Å². The summed E-state index contributed by atoms with van der Waals surface area (Å²) in [7, 11) is 0. The molecular weight excluding hydrogens is 212 g/mol. The van der Waals surface area contributed by atoms with E-state index in [1.165, 1.54) is 16.0 Å². The SMILES string of the molecule is CSc1ccc(C(C)(C)C)cc1C(C)(C)C. The van der Waals surface area contributed by atoms with Gasteiger partial charge in [0, 0.05) is 4.90 Å². The quantitative estimate of drug-likeness (QED) is 0.618. The molecule has 0 saturated heterocycles. The van der Waals surface area contributed by atoms with Crippen LogP contribution in [0.25, 0.3) is 0 Å². The summed E-state index contributed by atoms with van der Waals surface area (Å²) in [4.78, 5) is 1.40. The Hall–Kier alpha value is -0.430. The third-order valence-corrected chi connectivity index (χ3v) is 3.67. The van der Waals surface area contributed by atoms with Crippen molar-refractivity contribution in [1.82, 2.24) is 0 Å². The molecular formula is C15H24S.